The maximum Gasteiger partial charge on any atom is 0.120 e. The van der Waals surface area contributed by atoms with Gasteiger partial charge < -0.3 is 15.0 Å². The third-order valence-corrected chi connectivity index (χ3v) is 3.83. The number of rotatable bonds is 7. The molecular weight excluding hydrogens is 248 g/mol. The zero-order valence-corrected chi connectivity index (χ0v) is 14.0. The SMILES string of the molecule is CCNC(c1cccc(OC(C)C)c1)C(C)(C)N(C)C. The molecule has 1 N–H and O–H groups in total. The molecule has 0 aliphatic rings. The maximum absolute atomic E-state index is 5.81. The van der Waals surface area contributed by atoms with E-state index in [0.29, 0.717) is 0 Å². The molecule has 3 nitrogen and oxygen atoms in total. The van der Waals surface area contributed by atoms with Crippen molar-refractivity contribution in [3.63, 3.8) is 0 Å². The molecule has 20 heavy (non-hydrogen) atoms. The Labute approximate surface area is 124 Å². The van der Waals surface area contributed by atoms with Crippen molar-refractivity contribution in [2.24, 2.45) is 0 Å². The van der Waals surface area contributed by atoms with Crippen LogP contribution in [0.2, 0.25) is 0 Å². The predicted octanol–water partition coefficient (Wildman–Crippen LogP) is 3.46. The minimum atomic E-state index is 0.0203. The van der Waals surface area contributed by atoms with Gasteiger partial charge in [0.1, 0.15) is 5.75 Å². The van der Waals surface area contributed by atoms with Crippen LogP contribution in [-0.4, -0.2) is 37.2 Å². The highest BCUT2D eigenvalue weighted by molar-refractivity contribution is 5.32. The fourth-order valence-corrected chi connectivity index (χ4v) is 2.28. The van der Waals surface area contributed by atoms with Crippen molar-refractivity contribution in [1.82, 2.24) is 10.2 Å². The van der Waals surface area contributed by atoms with Crippen molar-refractivity contribution >= 4 is 0 Å². The highest BCUT2D eigenvalue weighted by Crippen LogP contribution is 2.31. The molecule has 0 saturated carbocycles. The molecule has 0 saturated heterocycles. The Balaban J connectivity index is 3.09. The zero-order chi connectivity index (χ0) is 15.3. The van der Waals surface area contributed by atoms with Crippen LogP contribution in [0, 0.1) is 0 Å². The summed E-state index contributed by atoms with van der Waals surface area (Å²) in [6.07, 6.45) is 0.199. The molecule has 0 spiro atoms. The van der Waals surface area contributed by atoms with Gasteiger partial charge in [-0.2, -0.15) is 0 Å². The molecule has 1 aromatic carbocycles. The Kier molecular flexibility index (Phi) is 6.03. The van der Waals surface area contributed by atoms with Gasteiger partial charge in [0, 0.05) is 5.54 Å². The number of hydrogen-bond donors (Lipinski definition) is 1. The second-order valence-corrected chi connectivity index (χ2v) is 6.28. The highest BCUT2D eigenvalue weighted by atomic mass is 16.5. The van der Waals surface area contributed by atoms with Gasteiger partial charge >= 0.3 is 0 Å². The van der Waals surface area contributed by atoms with Crippen LogP contribution in [0.3, 0.4) is 0 Å². The standard InChI is InChI=1S/C17H30N2O/c1-8-18-16(17(4,5)19(6)7)14-10-9-11-15(12-14)20-13(2)3/h9-13,16,18H,8H2,1-7H3. The fraction of sp³-hybridized carbons (Fsp3) is 0.647. The van der Waals surface area contributed by atoms with Crippen molar-refractivity contribution < 1.29 is 4.74 Å². The van der Waals surface area contributed by atoms with E-state index in [1.807, 2.05) is 6.07 Å². The van der Waals surface area contributed by atoms with Crippen molar-refractivity contribution in [2.45, 2.75) is 52.3 Å². The number of nitrogens with zero attached hydrogens (tertiary/aromatic N) is 1. The summed E-state index contributed by atoms with van der Waals surface area (Å²) in [7, 11) is 4.25. The Morgan fingerprint density at radius 1 is 1.25 bits per heavy atom. The first-order chi connectivity index (χ1) is 9.28. The van der Waals surface area contributed by atoms with Crippen LogP contribution in [0.4, 0.5) is 0 Å². The molecule has 0 aromatic heterocycles. The van der Waals surface area contributed by atoms with E-state index in [-0.39, 0.29) is 17.7 Å². The predicted molar refractivity (Wildman–Crippen MR) is 86.4 cm³/mol. The molecule has 1 atom stereocenters. The third kappa shape index (κ3) is 4.22. The lowest BCUT2D eigenvalue weighted by Gasteiger charge is -2.41. The Morgan fingerprint density at radius 2 is 1.90 bits per heavy atom. The highest BCUT2D eigenvalue weighted by Gasteiger charge is 2.32. The van der Waals surface area contributed by atoms with Crippen LogP contribution in [0.1, 0.15) is 46.2 Å². The lowest BCUT2D eigenvalue weighted by Crippen LogP contribution is -2.49. The summed E-state index contributed by atoms with van der Waals surface area (Å²) in [5, 5.41) is 3.60. The minimum Gasteiger partial charge on any atom is -0.491 e. The molecule has 0 amide bonds. The van der Waals surface area contributed by atoms with Crippen LogP contribution in [0.15, 0.2) is 24.3 Å². The second-order valence-electron chi connectivity index (χ2n) is 6.28. The Hall–Kier alpha value is -1.06. The molecule has 1 aromatic rings. The molecule has 0 fully saturated rings. The van der Waals surface area contributed by atoms with E-state index in [0.717, 1.165) is 12.3 Å². The second kappa shape index (κ2) is 7.09. The normalized spacial score (nSPS) is 13.8. The molecule has 0 bridgehead atoms. The molecule has 0 radical (unpaired) electrons. The Bertz CT molecular complexity index is 413. The van der Waals surface area contributed by atoms with Crippen molar-refractivity contribution in [3.05, 3.63) is 29.8 Å². The first-order valence-electron chi connectivity index (χ1n) is 7.46. The van der Waals surface area contributed by atoms with E-state index in [4.69, 9.17) is 4.74 Å². The van der Waals surface area contributed by atoms with E-state index in [1.54, 1.807) is 0 Å². The molecule has 0 heterocycles. The van der Waals surface area contributed by atoms with Crippen LogP contribution in [0.5, 0.6) is 5.75 Å². The van der Waals surface area contributed by atoms with Gasteiger partial charge in [-0.3, -0.25) is 0 Å². The average molecular weight is 278 g/mol. The molecule has 1 unspecified atom stereocenters. The smallest absolute Gasteiger partial charge is 0.120 e. The van der Waals surface area contributed by atoms with E-state index in [2.05, 4.69) is 77.1 Å². The van der Waals surface area contributed by atoms with Crippen molar-refractivity contribution in [1.29, 1.82) is 0 Å². The molecule has 3 heteroatoms. The molecule has 0 aliphatic heterocycles. The van der Waals surface area contributed by atoms with Crippen LogP contribution >= 0.6 is 0 Å². The molecule has 0 aliphatic carbocycles. The summed E-state index contributed by atoms with van der Waals surface area (Å²) >= 11 is 0. The van der Waals surface area contributed by atoms with E-state index in [1.165, 1.54) is 5.56 Å². The quantitative estimate of drug-likeness (QED) is 0.826. The van der Waals surface area contributed by atoms with E-state index in [9.17, 15) is 0 Å². The van der Waals surface area contributed by atoms with Gasteiger partial charge in [0.05, 0.1) is 12.1 Å². The summed E-state index contributed by atoms with van der Waals surface area (Å²) in [4.78, 5) is 2.26. The first kappa shape index (κ1) is 17.0. The van der Waals surface area contributed by atoms with E-state index < -0.39 is 0 Å². The van der Waals surface area contributed by atoms with E-state index >= 15 is 0 Å². The fourth-order valence-electron chi connectivity index (χ4n) is 2.28. The lowest BCUT2D eigenvalue weighted by molar-refractivity contribution is 0.138. The molecule has 114 valence electrons. The van der Waals surface area contributed by atoms with Gasteiger partial charge in [-0.15, -0.1) is 0 Å². The summed E-state index contributed by atoms with van der Waals surface area (Å²) in [6, 6.07) is 8.68. The molecular formula is C17H30N2O. The van der Waals surface area contributed by atoms with Gasteiger partial charge in [-0.1, -0.05) is 19.1 Å². The zero-order valence-electron chi connectivity index (χ0n) is 14.0. The van der Waals surface area contributed by atoms with Crippen molar-refractivity contribution in [2.75, 3.05) is 20.6 Å². The number of likely N-dealkylation sites (N-methyl/N-ethyl adjacent to an activating group) is 2. The summed E-state index contributed by atoms with van der Waals surface area (Å²) in [5.74, 6) is 0.940. The van der Waals surface area contributed by atoms with Crippen LogP contribution in [0.25, 0.3) is 0 Å². The van der Waals surface area contributed by atoms with Gasteiger partial charge in [-0.25, -0.2) is 0 Å². The summed E-state index contributed by atoms with van der Waals surface area (Å²) < 4.78 is 5.81. The van der Waals surface area contributed by atoms with Gasteiger partial charge in [-0.05, 0) is 66.0 Å². The average Bonchev–Trinajstić information content (AvgIpc) is 2.35. The third-order valence-electron chi connectivity index (χ3n) is 3.83. The molecule has 1 rings (SSSR count). The topological polar surface area (TPSA) is 24.5 Å². The summed E-state index contributed by atoms with van der Waals surface area (Å²) in [6.45, 7) is 11.7. The number of nitrogens with one attached hydrogen (secondary N) is 1. The maximum atomic E-state index is 5.81. The van der Waals surface area contributed by atoms with Gasteiger partial charge in [0.15, 0.2) is 0 Å². The lowest BCUT2D eigenvalue weighted by atomic mass is 9.87. The Morgan fingerprint density at radius 3 is 2.40 bits per heavy atom. The minimum absolute atomic E-state index is 0.0203. The number of hydrogen-bond acceptors (Lipinski definition) is 3. The first-order valence-corrected chi connectivity index (χ1v) is 7.46. The number of ether oxygens (including phenoxy) is 1. The van der Waals surface area contributed by atoms with Gasteiger partial charge in [0.2, 0.25) is 0 Å². The van der Waals surface area contributed by atoms with Crippen LogP contribution < -0.4 is 10.1 Å². The number of benzene rings is 1. The van der Waals surface area contributed by atoms with Crippen molar-refractivity contribution in [3.8, 4) is 5.75 Å². The van der Waals surface area contributed by atoms with Gasteiger partial charge in [0.25, 0.3) is 0 Å². The summed E-state index contributed by atoms with van der Waals surface area (Å²) in [5.41, 5.74) is 1.29. The largest absolute Gasteiger partial charge is 0.491 e. The van der Waals surface area contributed by atoms with Crippen LogP contribution in [-0.2, 0) is 0 Å². The monoisotopic (exact) mass is 278 g/mol.